The number of H-pyrrole nitrogens is 1. The number of fused-ring (bicyclic) bond motifs is 1. The van der Waals surface area contributed by atoms with E-state index in [2.05, 4.69) is 10.1 Å². The van der Waals surface area contributed by atoms with Gasteiger partial charge in [0.05, 0.1) is 24.0 Å². The molecule has 0 aliphatic carbocycles. The zero-order valence-corrected chi connectivity index (χ0v) is 19.2. The van der Waals surface area contributed by atoms with Gasteiger partial charge in [0, 0.05) is 34.3 Å². The van der Waals surface area contributed by atoms with Crippen molar-refractivity contribution in [1.29, 1.82) is 0 Å². The predicted octanol–water partition coefficient (Wildman–Crippen LogP) is 4.98. The van der Waals surface area contributed by atoms with E-state index in [4.69, 9.17) is 21.1 Å². The van der Waals surface area contributed by atoms with E-state index in [1.807, 2.05) is 36.4 Å². The molecule has 1 atom stereocenters. The zero-order valence-electron chi connectivity index (χ0n) is 18.4. The maximum Gasteiger partial charge on any atom is 0.303 e. The van der Waals surface area contributed by atoms with Crippen LogP contribution >= 0.6 is 11.6 Å². The number of carbonyl (C=O) groups excluding carboxylic acids is 1. The van der Waals surface area contributed by atoms with Gasteiger partial charge in [-0.05, 0) is 35.9 Å². The van der Waals surface area contributed by atoms with Crippen molar-refractivity contribution in [1.82, 2.24) is 9.99 Å². The van der Waals surface area contributed by atoms with Gasteiger partial charge in [0.15, 0.2) is 0 Å². The fraction of sp³-hybridized carbons (Fsp3) is 0.154. The van der Waals surface area contributed by atoms with Gasteiger partial charge in [0.25, 0.3) is 5.56 Å². The lowest BCUT2D eigenvalue weighted by molar-refractivity contribution is -0.141. The Bertz CT molecular complexity index is 1510. The van der Waals surface area contributed by atoms with E-state index in [0.29, 0.717) is 33.1 Å². The number of aliphatic carboxylic acids is 1. The van der Waals surface area contributed by atoms with Crippen molar-refractivity contribution in [3.8, 4) is 11.1 Å². The molecule has 2 aromatic heterocycles. The minimum absolute atomic E-state index is 0.221. The van der Waals surface area contributed by atoms with Crippen molar-refractivity contribution in [2.45, 2.75) is 25.3 Å². The van der Waals surface area contributed by atoms with Crippen LogP contribution in [-0.2, 0) is 9.59 Å². The summed E-state index contributed by atoms with van der Waals surface area (Å²) in [6.45, 7) is 0. The quantitative estimate of drug-likeness (QED) is 0.396. The number of aromatic nitrogens is 1. The zero-order chi connectivity index (χ0) is 24.5. The molecule has 0 fully saturated rings. The molecule has 2 aromatic carbocycles. The van der Waals surface area contributed by atoms with Crippen LogP contribution in [0.1, 0.15) is 36.6 Å². The number of carboxylic acid groups (broad SMARTS) is 1. The Morgan fingerprint density at radius 2 is 1.83 bits per heavy atom. The molecular weight excluding hydrogens is 470 g/mol. The number of nitrogens with one attached hydrogen (secondary N) is 1. The number of furan rings is 1. The van der Waals surface area contributed by atoms with Gasteiger partial charge in [-0.2, -0.15) is 5.10 Å². The number of hydrogen-bond acceptors (Lipinski definition) is 5. The molecule has 176 valence electrons. The van der Waals surface area contributed by atoms with E-state index in [0.717, 1.165) is 10.9 Å². The summed E-state index contributed by atoms with van der Waals surface area (Å²) in [6.07, 6.45) is 1.18. The van der Waals surface area contributed by atoms with Gasteiger partial charge in [-0.25, -0.2) is 5.01 Å². The van der Waals surface area contributed by atoms with Gasteiger partial charge in [-0.15, -0.1) is 0 Å². The lowest BCUT2D eigenvalue weighted by atomic mass is 9.92. The van der Waals surface area contributed by atoms with Crippen molar-refractivity contribution < 1.29 is 19.1 Å². The fourth-order valence-corrected chi connectivity index (χ4v) is 4.48. The number of pyridine rings is 1. The molecule has 2 N–H and O–H groups in total. The van der Waals surface area contributed by atoms with Gasteiger partial charge in [-0.3, -0.25) is 14.4 Å². The largest absolute Gasteiger partial charge is 0.481 e. The first-order chi connectivity index (χ1) is 16.9. The fourth-order valence-electron chi connectivity index (χ4n) is 4.36. The summed E-state index contributed by atoms with van der Waals surface area (Å²) >= 11 is 6.11. The van der Waals surface area contributed by atoms with Crippen LogP contribution < -0.4 is 5.56 Å². The summed E-state index contributed by atoms with van der Waals surface area (Å²) in [5, 5.41) is 16.2. The maximum atomic E-state index is 13.4. The Morgan fingerprint density at radius 1 is 1.06 bits per heavy atom. The molecule has 35 heavy (non-hydrogen) atoms. The van der Waals surface area contributed by atoms with Crippen LogP contribution in [0.15, 0.2) is 81.2 Å². The van der Waals surface area contributed by atoms with Crippen LogP contribution in [0.4, 0.5) is 0 Å². The third-order valence-corrected chi connectivity index (χ3v) is 6.19. The highest BCUT2D eigenvalue weighted by atomic mass is 35.5. The van der Waals surface area contributed by atoms with E-state index in [1.54, 1.807) is 24.3 Å². The maximum absolute atomic E-state index is 13.4. The molecule has 9 heteroatoms. The van der Waals surface area contributed by atoms with Crippen molar-refractivity contribution in [2.75, 3.05) is 0 Å². The van der Waals surface area contributed by atoms with E-state index in [1.165, 1.54) is 11.3 Å². The third kappa shape index (κ3) is 4.36. The summed E-state index contributed by atoms with van der Waals surface area (Å²) in [5.74, 6) is -1.04. The summed E-state index contributed by atoms with van der Waals surface area (Å²) in [4.78, 5) is 40.3. The standard InChI is InChI=1S/C26H20ClN3O5/c27-16-9-7-15(8-10-16)24-17-4-1-2-5-18(17)28-26(34)25(24)19-14-20(21-6-3-13-35-21)30(29-19)22(31)11-12-23(32)33/h1-10,13,20H,11-12,14H2,(H,28,34)(H,32,33)/t20-/m0/s1. The van der Waals surface area contributed by atoms with Crippen LogP contribution in [0.5, 0.6) is 0 Å². The normalized spacial score (nSPS) is 15.4. The third-order valence-electron chi connectivity index (χ3n) is 5.93. The lowest BCUT2D eigenvalue weighted by Crippen LogP contribution is -2.27. The molecule has 0 unspecified atom stereocenters. The first-order valence-electron chi connectivity index (χ1n) is 11.0. The minimum Gasteiger partial charge on any atom is -0.481 e. The molecule has 5 rings (SSSR count). The predicted molar refractivity (Wildman–Crippen MR) is 131 cm³/mol. The average Bonchev–Trinajstić information content (AvgIpc) is 3.52. The first-order valence-corrected chi connectivity index (χ1v) is 11.4. The van der Waals surface area contributed by atoms with Gasteiger partial charge in [-0.1, -0.05) is 41.9 Å². The van der Waals surface area contributed by atoms with Gasteiger partial charge in [0.1, 0.15) is 11.8 Å². The Labute approximate surface area is 204 Å². The highest BCUT2D eigenvalue weighted by molar-refractivity contribution is 6.30. The number of carbonyl (C=O) groups is 2. The molecule has 3 heterocycles. The Morgan fingerprint density at radius 3 is 2.54 bits per heavy atom. The molecule has 4 aromatic rings. The second kappa shape index (κ2) is 9.23. The number of aromatic amines is 1. The molecule has 1 amide bonds. The number of amides is 1. The smallest absolute Gasteiger partial charge is 0.303 e. The van der Waals surface area contributed by atoms with Crippen LogP contribution in [-0.4, -0.2) is 32.7 Å². The number of nitrogens with zero attached hydrogens (tertiary/aromatic N) is 2. The van der Waals surface area contributed by atoms with Crippen LogP contribution in [0.25, 0.3) is 22.0 Å². The van der Waals surface area contributed by atoms with E-state index >= 15 is 0 Å². The first kappa shape index (κ1) is 22.6. The van der Waals surface area contributed by atoms with Crippen LogP contribution in [0.2, 0.25) is 5.02 Å². The molecule has 0 spiro atoms. The van der Waals surface area contributed by atoms with Crippen LogP contribution in [0.3, 0.4) is 0 Å². The summed E-state index contributed by atoms with van der Waals surface area (Å²) in [5.41, 5.74) is 2.53. The van der Waals surface area contributed by atoms with Crippen molar-refractivity contribution in [2.24, 2.45) is 5.10 Å². The summed E-state index contributed by atoms with van der Waals surface area (Å²) < 4.78 is 5.55. The molecule has 1 aliphatic rings. The molecule has 8 nitrogen and oxygen atoms in total. The number of halogens is 1. The number of carboxylic acids is 1. The molecule has 0 bridgehead atoms. The Kier molecular flexibility index (Phi) is 5.96. The molecule has 0 saturated carbocycles. The molecule has 0 radical (unpaired) electrons. The van der Waals surface area contributed by atoms with Crippen molar-refractivity contribution >= 4 is 40.1 Å². The Hall–Kier alpha value is -4.17. The van der Waals surface area contributed by atoms with Gasteiger partial charge >= 0.3 is 5.97 Å². The lowest BCUT2D eigenvalue weighted by Gasteiger charge is -2.19. The number of benzene rings is 2. The average molecular weight is 490 g/mol. The van der Waals surface area contributed by atoms with E-state index in [9.17, 15) is 14.4 Å². The number of para-hydroxylation sites is 1. The molecular formula is C26H20ClN3O5. The van der Waals surface area contributed by atoms with E-state index in [-0.39, 0.29) is 24.8 Å². The van der Waals surface area contributed by atoms with Gasteiger partial charge < -0.3 is 14.5 Å². The molecule has 0 saturated heterocycles. The highest BCUT2D eigenvalue weighted by Crippen LogP contribution is 2.37. The highest BCUT2D eigenvalue weighted by Gasteiger charge is 2.36. The number of hydrogen-bond donors (Lipinski definition) is 2. The second-order valence-corrected chi connectivity index (χ2v) is 8.61. The minimum atomic E-state index is -1.08. The Balaban J connectivity index is 1.68. The second-order valence-electron chi connectivity index (χ2n) is 8.17. The van der Waals surface area contributed by atoms with Crippen LogP contribution in [0, 0.1) is 0 Å². The summed E-state index contributed by atoms with van der Waals surface area (Å²) in [6, 6.07) is 17.5. The topological polar surface area (TPSA) is 116 Å². The summed E-state index contributed by atoms with van der Waals surface area (Å²) in [7, 11) is 0. The SMILES string of the molecule is O=C(O)CCC(=O)N1N=C(c2c(-c3ccc(Cl)cc3)c3ccccc3[nH]c2=O)C[C@H]1c1ccco1. The number of hydrazone groups is 1. The monoisotopic (exact) mass is 489 g/mol. The van der Waals surface area contributed by atoms with Crippen molar-refractivity contribution in [3.63, 3.8) is 0 Å². The molecule has 1 aliphatic heterocycles. The number of rotatable bonds is 6. The van der Waals surface area contributed by atoms with E-state index < -0.39 is 17.9 Å². The van der Waals surface area contributed by atoms with Crippen molar-refractivity contribution in [3.05, 3.63) is 93.6 Å². The van der Waals surface area contributed by atoms with Gasteiger partial charge in [0.2, 0.25) is 5.91 Å².